The van der Waals surface area contributed by atoms with Crippen LogP contribution in [0.3, 0.4) is 0 Å². The van der Waals surface area contributed by atoms with Crippen molar-refractivity contribution in [3.63, 3.8) is 0 Å². The molecule has 1 atom stereocenters. The zero-order valence-corrected chi connectivity index (χ0v) is 21.7. The maximum atomic E-state index is 11.8. The monoisotopic (exact) mass is 488 g/mol. The van der Waals surface area contributed by atoms with Crippen LogP contribution in [0.2, 0.25) is 0 Å². The molecule has 0 aliphatic carbocycles. The molecule has 0 spiro atoms. The topological polar surface area (TPSA) is 78.9 Å². The van der Waals surface area contributed by atoms with E-state index in [9.17, 15) is 14.4 Å². The van der Waals surface area contributed by atoms with Gasteiger partial charge in [-0.25, -0.2) is 4.79 Å². The van der Waals surface area contributed by atoms with Gasteiger partial charge in [-0.05, 0) is 44.2 Å². The Morgan fingerprint density at radius 2 is 1.51 bits per heavy atom. The van der Waals surface area contributed by atoms with Crippen LogP contribution in [0.5, 0.6) is 0 Å². The Labute approximate surface area is 211 Å². The molecule has 0 fully saturated rings. The first-order valence-electron chi connectivity index (χ1n) is 13.2. The number of esters is 3. The predicted molar refractivity (Wildman–Crippen MR) is 138 cm³/mol. The highest BCUT2D eigenvalue weighted by molar-refractivity contribution is 5.89. The summed E-state index contributed by atoms with van der Waals surface area (Å²) >= 11 is 0. The van der Waals surface area contributed by atoms with E-state index < -0.39 is 5.97 Å². The lowest BCUT2D eigenvalue weighted by Gasteiger charge is -2.15. The summed E-state index contributed by atoms with van der Waals surface area (Å²) in [6.07, 6.45) is 17.3. The zero-order chi connectivity index (χ0) is 25.6. The molecule has 196 valence electrons. The molecular weight excluding hydrogens is 444 g/mol. The van der Waals surface area contributed by atoms with E-state index in [4.69, 9.17) is 14.2 Å². The summed E-state index contributed by atoms with van der Waals surface area (Å²) in [5.74, 6) is -0.863. The molecule has 6 nitrogen and oxygen atoms in total. The van der Waals surface area contributed by atoms with E-state index in [0.29, 0.717) is 12.0 Å². The number of carbonyl (C=O) groups excluding carboxylic acids is 3. The van der Waals surface area contributed by atoms with Gasteiger partial charge in [0, 0.05) is 19.8 Å². The molecule has 1 rings (SSSR count). The molecule has 1 aromatic rings. The lowest BCUT2D eigenvalue weighted by molar-refractivity contribution is -0.146. The highest BCUT2D eigenvalue weighted by atomic mass is 16.6. The maximum Gasteiger partial charge on any atom is 0.338 e. The van der Waals surface area contributed by atoms with Gasteiger partial charge in [0.2, 0.25) is 0 Å². The van der Waals surface area contributed by atoms with Gasteiger partial charge in [-0.15, -0.1) is 0 Å². The molecule has 0 N–H and O–H groups in total. The van der Waals surface area contributed by atoms with Crippen LogP contribution < -0.4 is 0 Å². The summed E-state index contributed by atoms with van der Waals surface area (Å²) in [6.45, 7) is 3.82. The van der Waals surface area contributed by atoms with Gasteiger partial charge in [0.15, 0.2) is 0 Å². The lowest BCUT2D eigenvalue weighted by atomic mass is 10.1. The van der Waals surface area contributed by atoms with Gasteiger partial charge in [-0.2, -0.15) is 0 Å². The third kappa shape index (κ3) is 17.5. The maximum absolute atomic E-state index is 11.8. The minimum absolute atomic E-state index is 0.00345. The van der Waals surface area contributed by atoms with Crippen molar-refractivity contribution in [3.8, 4) is 0 Å². The molecule has 0 aliphatic rings. The Morgan fingerprint density at radius 3 is 2.26 bits per heavy atom. The van der Waals surface area contributed by atoms with Gasteiger partial charge in [-0.1, -0.05) is 75.8 Å². The van der Waals surface area contributed by atoms with Crippen molar-refractivity contribution >= 4 is 17.9 Å². The fraction of sp³-hybridized carbons (Fsp3) is 0.621. The normalized spacial score (nSPS) is 11.8. The van der Waals surface area contributed by atoms with E-state index in [-0.39, 0.29) is 31.3 Å². The number of allylic oxidation sites excluding steroid dienone is 1. The SMILES string of the molecule is CCCCCCC(C/C=C/CCCCCCCC(=O)OCCOC(=O)c1ccccc1)OC(C)=O. The smallest absolute Gasteiger partial charge is 0.338 e. The van der Waals surface area contributed by atoms with Gasteiger partial charge in [0.05, 0.1) is 5.56 Å². The van der Waals surface area contributed by atoms with Gasteiger partial charge in [0.25, 0.3) is 0 Å². The zero-order valence-electron chi connectivity index (χ0n) is 21.7. The fourth-order valence-corrected chi connectivity index (χ4v) is 3.71. The van der Waals surface area contributed by atoms with Crippen molar-refractivity contribution < 1.29 is 28.6 Å². The molecule has 0 bridgehead atoms. The number of hydrogen-bond acceptors (Lipinski definition) is 6. The first kappa shape index (κ1) is 30.4. The number of ether oxygens (including phenoxy) is 3. The molecule has 0 amide bonds. The Bertz CT molecular complexity index is 728. The third-order valence-corrected chi connectivity index (χ3v) is 5.62. The highest BCUT2D eigenvalue weighted by Gasteiger charge is 2.10. The van der Waals surface area contributed by atoms with Crippen molar-refractivity contribution in [1.29, 1.82) is 0 Å². The number of rotatable bonds is 20. The number of unbranched alkanes of at least 4 members (excludes halogenated alkanes) is 8. The van der Waals surface area contributed by atoms with Gasteiger partial charge in [0.1, 0.15) is 19.3 Å². The highest BCUT2D eigenvalue weighted by Crippen LogP contribution is 2.13. The van der Waals surface area contributed by atoms with Gasteiger partial charge < -0.3 is 14.2 Å². The molecule has 0 saturated heterocycles. The van der Waals surface area contributed by atoms with Crippen molar-refractivity contribution in [3.05, 3.63) is 48.0 Å². The molecule has 1 unspecified atom stereocenters. The Balaban J connectivity index is 1.98. The molecule has 0 aromatic heterocycles. The molecule has 0 radical (unpaired) electrons. The second-order valence-corrected chi connectivity index (χ2v) is 8.82. The van der Waals surface area contributed by atoms with E-state index >= 15 is 0 Å². The number of hydrogen-bond donors (Lipinski definition) is 0. The summed E-state index contributed by atoms with van der Waals surface area (Å²) in [6, 6.07) is 8.74. The fourth-order valence-electron chi connectivity index (χ4n) is 3.71. The minimum atomic E-state index is -0.414. The van der Waals surface area contributed by atoms with E-state index in [1.54, 1.807) is 24.3 Å². The van der Waals surface area contributed by atoms with Crippen molar-refractivity contribution in [1.82, 2.24) is 0 Å². The molecule has 1 aromatic carbocycles. The predicted octanol–water partition coefficient (Wildman–Crippen LogP) is 6.97. The molecular formula is C29H44O6. The summed E-state index contributed by atoms with van der Waals surface area (Å²) < 4.78 is 15.6. The third-order valence-electron chi connectivity index (χ3n) is 5.62. The van der Waals surface area contributed by atoms with Crippen LogP contribution in [-0.2, 0) is 23.8 Å². The van der Waals surface area contributed by atoms with Crippen molar-refractivity contribution in [2.45, 2.75) is 103 Å². The molecule has 0 aliphatic heterocycles. The summed E-state index contributed by atoms with van der Waals surface area (Å²) in [5.41, 5.74) is 0.485. The van der Waals surface area contributed by atoms with Crippen molar-refractivity contribution in [2.24, 2.45) is 0 Å². The Kier molecular flexibility index (Phi) is 18.0. The van der Waals surface area contributed by atoms with E-state index in [1.165, 1.54) is 26.2 Å². The quantitative estimate of drug-likeness (QED) is 0.0854. The average molecular weight is 489 g/mol. The van der Waals surface area contributed by atoms with Crippen LogP contribution in [0.1, 0.15) is 108 Å². The second-order valence-electron chi connectivity index (χ2n) is 8.82. The van der Waals surface area contributed by atoms with E-state index in [0.717, 1.165) is 57.8 Å². The van der Waals surface area contributed by atoms with Crippen LogP contribution in [-0.4, -0.2) is 37.2 Å². The largest absolute Gasteiger partial charge is 0.462 e. The molecule has 0 heterocycles. The van der Waals surface area contributed by atoms with E-state index in [2.05, 4.69) is 19.1 Å². The van der Waals surface area contributed by atoms with Crippen LogP contribution in [0, 0.1) is 0 Å². The Hall–Kier alpha value is -2.63. The summed E-state index contributed by atoms with van der Waals surface area (Å²) in [5, 5.41) is 0. The lowest BCUT2D eigenvalue weighted by Crippen LogP contribution is -2.15. The summed E-state index contributed by atoms with van der Waals surface area (Å²) in [7, 11) is 0. The first-order chi connectivity index (χ1) is 17.0. The van der Waals surface area contributed by atoms with Crippen LogP contribution in [0.25, 0.3) is 0 Å². The van der Waals surface area contributed by atoms with Crippen LogP contribution >= 0.6 is 0 Å². The van der Waals surface area contributed by atoms with Crippen LogP contribution in [0.4, 0.5) is 0 Å². The number of benzene rings is 1. The average Bonchev–Trinajstić information content (AvgIpc) is 2.85. The first-order valence-corrected chi connectivity index (χ1v) is 13.2. The van der Waals surface area contributed by atoms with Gasteiger partial charge >= 0.3 is 17.9 Å². The van der Waals surface area contributed by atoms with Gasteiger partial charge in [-0.3, -0.25) is 9.59 Å². The Morgan fingerprint density at radius 1 is 0.829 bits per heavy atom. The van der Waals surface area contributed by atoms with Crippen molar-refractivity contribution in [2.75, 3.05) is 13.2 Å². The van der Waals surface area contributed by atoms with E-state index in [1.807, 2.05) is 6.07 Å². The molecule has 6 heteroatoms. The second kappa shape index (κ2) is 20.7. The molecule has 0 saturated carbocycles. The van der Waals surface area contributed by atoms with Crippen LogP contribution in [0.15, 0.2) is 42.5 Å². The molecule has 35 heavy (non-hydrogen) atoms. The number of carbonyl (C=O) groups is 3. The minimum Gasteiger partial charge on any atom is -0.462 e. The standard InChI is InChI=1S/C29H44O6/c1-3-4-5-15-20-27(35-25(2)30)21-16-10-8-6-7-9-11-17-22-28(31)33-23-24-34-29(32)26-18-13-12-14-19-26/h10,12-14,16,18-19,27H,3-9,11,15,17,20-24H2,1-2H3/b16-10+. The summed E-state index contributed by atoms with van der Waals surface area (Å²) in [4.78, 5) is 34.9.